The number of benzene rings is 1. The van der Waals surface area contributed by atoms with Crippen LogP contribution in [0.25, 0.3) is 11.1 Å². The van der Waals surface area contributed by atoms with Gasteiger partial charge in [0.2, 0.25) is 11.8 Å². The Morgan fingerprint density at radius 3 is 2.64 bits per heavy atom. The lowest BCUT2D eigenvalue weighted by Gasteiger charge is -2.43. The predicted octanol–water partition coefficient (Wildman–Crippen LogP) is 4.78. The van der Waals surface area contributed by atoms with E-state index in [0.29, 0.717) is 19.5 Å². The van der Waals surface area contributed by atoms with Gasteiger partial charge in [-0.1, -0.05) is 49.6 Å². The summed E-state index contributed by atoms with van der Waals surface area (Å²) in [6, 6.07) is 12.4. The maximum Gasteiger partial charge on any atom is 0.228 e. The number of hydrogen-bond acceptors (Lipinski definition) is 3. The Hall–Kier alpha value is -2.95. The zero-order chi connectivity index (χ0) is 23.1. The standard InChI is InChI=1S/C28H35N3O2/c1-2-15-30-27(33)28(14-7-18-31(21-28)26(32)24-9-4-3-5-10-24)20-22-8-6-11-25(19-22)23-12-16-29-17-13-23/h2,6,8,11-13,16-17,19,24H,1,3-5,7,9-10,14-15,18,20-21H2,(H,30,33)/t28-/m1/s1. The van der Waals surface area contributed by atoms with Crippen molar-refractivity contribution in [1.82, 2.24) is 15.2 Å². The van der Waals surface area contributed by atoms with Crippen LogP contribution in [0.2, 0.25) is 0 Å². The number of amides is 2. The summed E-state index contributed by atoms with van der Waals surface area (Å²) in [6.45, 7) is 5.43. The van der Waals surface area contributed by atoms with Gasteiger partial charge in [-0.25, -0.2) is 0 Å². The normalized spacial score (nSPS) is 21.4. The Morgan fingerprint density at radius 1 is 1.09 bits per heavy atom. The Kier molecular flexibility index (Phi) is 7.58. The summed E-state index contributed by atoms with van der Waals surface area (Å²) < 4.78 is 0. The topological polar surface area (TPSA) is 62.3 Å². The minimum Gasteiger partial charge on any atom is -0.352 e. The van der Waals surface area contributed by atoms with Gasteiger partial charge in [-0.15, -0.1) is 6.58 Å². The van der Waals surface area contributed by atoms with E-state index in [1.807, 2.05) is 23.1 Å². The molecule has 0 bridgehead atoms. The molecule has 2 aromatic rings. The van der Waals surface area contributed by atoms with Crippen LogP contribution in [0.5, 0.6) is 0 Å². The van der Waals surface area contributed by atoms with Crippen molar-refractivity contribution < 1.29 is 9.59 Å². The van der Waals surface area contributed by atoms with E-state index in [2.05, 4.69) is 35.1 Å². The SMILES string of the molecule is C=CCNC(=O)[C@@]1(Cc2cccc(-c3ccncc3)c2)CCCN(C(=O)C2CCCCC2)C1. The highest BCUT2D eigenvalue weighted by atomic mass is 16.2. The summed E-state index contributed by atoms with van der Waals surface area (Å²) in [5, 5.41) is 3.05. The third kappa shape index (κ3) is 5.52. The maximum absolute atomic E-state index is 13.5. The first-order chi connectivity index (χ1) is 16.1. The van der Waals surface area contributed by atoms with Crippen LogP contribution in [0.3, 0.4) is 0 Å². The van der Waals surface area contributed by atoms with Crippen LogP contribution in [-0.4, -0.2) is 41.3 Å². The van der Waals surface area contributed by atoms with Crippen LogP contribution in [0.15, 0.2) is 61.4 Å². The number of hydrogen-bond donors (Lipinski definition) is 1. The second-order valence-electron chi connectivity index (χ2n) is 9.59. The smallest absolute Gasteiger partial charge is 0.228 e. The zero-order valence-corrected chi connectivity index (χ0v) is 19.5. The third-order valence-corrected chi connectivity index (χ3v) is 7.21. The first-order valence-corrected chi connectivity index (χ1v) is 12.3. The molecule has 2 amide bonds. The lowest BCUT2D eigenvalue weighted by molar-refractivity contribution is -0.145. The van der Waals surface area contributed by atoms with Crippen molar-refractivity contribution in [3.05, 3.63) is 67.0 Å². The van der Waals surface area contributed by atoms with Gasteiger partial charge in [0.05, 0.1) is 5.41 Å². The second-order valence-corrected chi connectivity index (χ2v) is 9.59. The largest absolute Gasteiger partial charge is 0.352 e. The van der Waals surface area contributed by atoms with E-state index in [-0.39, 0.29) is 17.7 Å². The molecule has 4 rings (SSSR count). The van der Waals surface area contributed by atoms with Gasteiger partial charge < -0.3 is 10.2 Å². The van der Waals surface area contributed by atoms with Crippen molar-refractivity contribution in [1.29, 1.82) is 0 Å². The molecule has 1 N–H and O–H groups in total. The quantitative estimate of drug-likeness (QED) is 0.624. The lowest BCUT2D eigenvalue weighted by Crippen LogP contribution is -2.55. The predicted molar refractivity (Wildman–Crippen MR) is 131 cm³/mol. The van der Waals surface area contributed by atoms with E-state index in [1.54, 1.807) is 18.5 Å². The molecule has 1 saturated carbocycles. The van der Waals surface area contributed by atoms with Crippen LogP contribution < -0.4 is 5.32 Å². The molecule has 1 saturated heterocycles. The molecular formula is C28H35N3O2. The number of nitrogens with zero attached hydrogens (tertiary/aromatic N) is 2. The maximum atomic E-state index is 13.5. The highest BCUT2D eigenvalue weighted by Crippen LogP contribution is 2.37. The Labute approximate surface area is 197 Å². The molecule has 0 spiro atoms. The summed E-state index contributed by atoms with van der Waals surface area (Å²) >= 11 is 0. The first-order valence-electron chi connectivity index (χ1n) is 12.3. The third-order valence-electron chi connectivity index (χ3n) is 7.21. The molecule has 5 nitrogen and oxygen atoms in total. The minimum atomic E-state index is -0.623. The van der Waals surface area contributed by atoms with E-state index in [0.717, 1.165) is 61.8 Å². The highest BCUT2D eigenvalue weighted by molar-refractivity contribution is 5.85. The molecule has 33 heavy (non-hydrogen) atoms. The fraction of sp³-hybridized carbons (Fsp3) is 0.464. The monoisotopic (exact) mass is 445 g/mol. The van der Waals surface area contributed by atoms with Gasteiger partial charge in [0.25, 0.3) is 0 Å². The van der Waals surface area contributed by atoms with E-state index in [1.165, 1.54) is 6.42 Å². The molecule has 1 aromatic heterocycles. The van der Waals surface area contributed by atoms with E-state index in [4.69, 9.17) is 0 Å². The number of carbonyl (C=O) groups is 2. The Morgan fingerprint density at radius 2 is 1.88 bits per heavy atom. The number of pyridine rings is 1. The van der Waals surface area contributed by atoms with Gasteiger partial charge in [0, 0.05) is 37.9 Å². The number of aromatic nitrogens is 1. The molecule has 2 heterocycles. The molecule has 0 unspecified atom stereocenters. The summed E-state index contributed by atoms with van der Waals surface area (Å²) in [4.78, 5) is 32.9. The average molecular weight is 446 g/mol. The van der Waals surface area contributed by atoms with Crippen LogP contribution in [0, 0.1) is 11.3 Å². The highest BCUT2D eigenvalue weighted by Gasteiger charge is 2.44. The number of piperidine rings is 1. The van der Waals surface area contributed by atoms with Gasteiger partial charge in [-0.2, -0.15) is 0 Å². The number of carbonyl (C=O) groups excluding carboxylic acids is 2. The van der Waals surface area contributed by atoms with E-state index < -0.39 is 5.41 Å². The van der Waals surface area contributed by atoms with Crippen molar-refractivity contribution in [2.75, 3.05) is 19.6 Å². The fourth-order valence-electron chi connectivity index (χ4n) is 5.49. The molecule has 5 heteroatoms. The van der Waals surface area contributed by atoms with Gasteiger partial charge in [-0.3, -0.25) is 14.6 Å². The number of nitrogens with one attached hydrogen (secondary N) is 1. The van der Waals surface area contributed by atoms with Gasteiger partial charge in [-0.05, 0) is 60.9 Å². The molecule has 1 atom stereocenters. The molecule has 1 aromatic carbocycles. The summed E-state index contributed by atoms with van der Waals surface area (Å²) in [5.41, 5.74) is 2.71. The number of rotatable bonds is 7. The molecule has 174 valence electrons. The van der Waals surface area contributed by atoms with Crippen molar-refractivity contribution in [2.24, 2.45) is 11.3 Å². The van der Waals surface area contributed by atoms with Gasteiger partial charge >= 0.3 is 0 Å². The van der Waals surface area contributed by atoms with Crippen LogP contribution in [0.4, 0.5) is 0 Å². The Bertz CT molecular complexity index is 968. The van der Waals surface area contributed by atoms with Gasteiger partial charge in [0.15, 0.2) is 0 Å². The van der Waals surface area contributed by atoms with Crippen molar-refractivity contribution in [2.45, 2.75) is 51.4 Å². The zero-order valence-electron chi connectivity index (χ0n) is 19.5. The van der Waals surface area contributed by atoms with E-state index in [9.17, 15) is 9.59 Å². The van der Waals surface area contributed by atoms with Crippen LogP contribution in [0.1, 0.15) is 50.5 Å². The van der Waals surface area contributed by atoms with Crippen molar-refractivity contribution in [3.8, 4) is 11.1 Å². The summed E-state index contributed by atoms with van der Waals surface area (Å²) in [6.07, 6.45) is 13.0. The minimum absolute atomic E-state index is 0.0258. The molecule has 0 radical (unpaired) electrons. The number of likely N-dealkylation sites (tertiary alicyclic amines) is 1. The van der Waals surface area contributed by atoms with Crippen molar-refractivity contribution >= 4 is 11.8 Å². The molecule has 2 aliphatic rings. The Balaban J connectivity index is 1.59. The first kappa shape index (κ1) is 23.2. The molecule has 1 aliphatic carbocycles. The molecule has 1 aliphatic heterocycles. The summed E-state index contributed by atoms with van der Waals surface area (Å²) in [7, 11) is 0. The van der Waals surface area contributed by atoms with Crippen molar-refractivity contribution in [3.63, 3.8) is 0 Å². The molecular weight excluding hydrogens is 410 g/mol. The van der Waals surface area contributed by atoms with Crippen LogP contribution in [-0.2, 0) is 16.0 Å². The second kappa shape index (κ2) is 10.8. The van der Waals surface area contributed by atoms with Gasteiger partial charge in [0.1, 0.15) is 0 Å². The van der Waals surface area contributed by atoms with Crippen LogP contribution >= 0.6 is 0 Å². The van der Waals surface area contributed by atoms with E-state index >= 15 is 0 Å². The fourth-order valence-corrected chi connectivity index (χ4v) is 5.49. The molecule has 2 fully saturated rings. The lowest BCUT2D eigenvalue weighted by atomic mass is 9.73. The average Bonchev–Trinajstić information content (AvgIpc) is 2.88. The summed E-state index contributed by atoms with van der Waals surface area (Å²) in [5.74, 6) is 0.402.